The predicted molar refractivity (Wildman–Crippen MR) is 77.7 cm³/mol. The second-order valence-electron chi connectivity index (χ2n) is 5.12. The summed E-state index contributed by atoms with van der Waals surface area (Å²) in [7, 11) is 0. The van der Waals surface area contributed by atoms with E-state index in [0.29, 0.717) is 0 Å². The maximum atomic E-state index is 6.09. The van der Waals surface area contributed by atoms with E-state index in [1.807, 2.05) is 0 Å². The van der Waals surface area contributed by atoms with Crippen LogP contribution in [0, 0.1) is 0 Å². The Labute approximate surface area is 110 Å². The van der Waals surface area contributed by atoms with Crippen molar-refractivity contribution in [2.75, 3.05) is 5.75 Å². The third-order valence-electron chi connectivity index (χ3n) is 3.88. The van der Waals surface area contributed by atoms with Crippen molar-refractivity contribution in [1.82, 2.24) is 0 Å². The van der Waals surface area contributed by atoms with E-state index >= 15 is 0 Å². The first-order valence-corrected chi connectivity index (χ1v) is 7.41. The molecule has 0 aliphatic heterocycles. The highest BCUT2D eigenvalue weighted by molar-refractivity contribution is 7.80. The molecule has 2 heteroatoms. The molecule has 0 amide bonds. The highest BCUT2D eigenvalue weighted by atomic mass is 32.1. The summed E-state index contributed by atoms with van der Waals surface area (Å²) >= 11 is 4.23. The molecule has 1 aromatic carbocycles. The van der Waals surface area contributed by atoms with E-state index in [0.717, 1.165) is 18.1 Å². The van der Waals surface area contributed by atoms with Crippen molar-refractivity contribution in [1.29, 1.82) is 0 Å². The number of thiol groups is 1. The lowest BCUT2D eigenvalue weighted by molar-refractivity contribution is 0.443. The SMILES string of the molecule is NC(CCS)c1ccc(C2CCCCC2)cc1. The summed E-state index contributed by atoms with van der Waals surface area (Å²) in [5, 5.41) is 0. The van der Waals surface area contributed by atoms with Gasteiger partial charge < -0.3 is 5.73 Å². The van der Waals surface area contributed by atoms with Gasteiger partial charge in [0, 0.05) is 6.04 Å². The van der Waals surface area contributed by atoms with Crippen molar-refractivity contribution in [3.63, 3.8) is 0 Å². The van der Waals surface area contributed by atoms with Gasteiger partial charge in [0.1, 0.15) is 0 Å². The van der Waals surface area contributed by atoms with E-state index < -0.39 is 0 Å². The Kier molecular flexibility index (Phi) is 4.93. The van der Waals surface area contributed by atoms with Gasteiger partial charge in [-0.15, -0.1) is 0 Å². The molecule has 17 heavy (non-hydrogen) atoms. The molecule has 1 saturated carbocycles. The normalized spacial score (nSPS) is 19.2. The lowest BCUT2D eigenvalue weighted by Gasteiger charge is -2.22. The summed E-state index contributed by atoms with van der Waals surface area (Å²) < 4.78 is 0. The van der Waals surface area contributed by atoms with Crippen LogP contribution in [-0.2, 0) is 0 Å². The molecule has 0 aromatic heterocycles. The van der Waals surface area contributed by atoms with E-state index in [4.69, 9.17) is 5.73 Å². The average Bonchev–Trinajstić information content (AvgIpc) is 2.40. The maximum Gasteiger partial charge on any atom is 0.0302 e. The van der Waals surface area contributed by atoms with Gasteiger partial charge in [0.15, 0.2) is 0 Å². The van der Waals surface area contributed by atoms with Gasteiger partial charge in [0.05, 0.1) is 0 Å². The minimum Gasteiger partial charge on any atom is -0.324 e. The van der Waals surface area contributed by atoms with Crippen LogP contribution < -0.4 is 5.73 Å². The van der Waals surface area contributed by atoms with Gasteiger partial charge in [-0.1, -0.05) is 43.5 Å². The molecule has 0 bridgehead atoms. The van der Waals surface area contributed by atoms with Gasteiger partial charge in [0.2, 0.25) is 0 Å². The number of hydrogen-bond acceptors (Lipinski definition) is 2. The average molecular weight is 249 g/mol. The summed E-state index contributed by atoms with van der Waals surface area (Å²) in [6.45, 7) is 0. The van der Waals surface area contributed by atoms with Crippen LogP contribution in [0.5, 0.6) is 0 Å². The molecule has 0 heterocycles. The molecule has 1 unspecified atom stereocenters. The van der Waals surface area contributed by atoms with E-state index in [1.54, 1.807) is 0 Å². The van der Waals surface area contributed by atoms with E-state index in [2.05, 4.69) is 36.9 Å². The zero-order chi connectivity index (χ0) is 12.1. The van der Waals surface area contributed by atoms with Crippen LogP contribution in [0.3, 0.4) is 0 Å². The number of nitrogens with two attached hydrogens (primary N) is 1. The Balaban J connectivity index is 2.01. The molecule has 1 fully saturated rings. The van der Waals surface area contributed by atoms with Crippen LogP contribution in [-0.4, -0.2) is 5.75 Å². The molecular formula is C15H23NS. The first kappa shape index (κ1) is 13.0. The molecule has 1 aliphatic rings. The van der Waals surface area contributed by atoms with Crippen LogP contribution in [0.25, 0.3) is 0 Å². The summed E-state index contributed by atoms with van der Waals surface area (Å²) in [6, 6.07) is 9.12. The molecule has 2 rings (SSSR count). The van der Waals surface area contributed by atoms with E-state index in [9.17, 15) is 0 Å². The molecule has 1 atom stereocenters. The van der Waals surface area contributed by atoms with Gasteiger partial charge in [-0.05, 0) is 42.1 Å². The van der Waals surface area contributed by atoms with Crippen LogP contribution in [0.2, 0.25) is 0 Å². The summed E-state index contributed by atoms with van der Waals surface area (Å²) in [5.41, 5.74) is 8.84. The van der Waals surface area contributed by atoms with Crippen molar-refractivity contribution >= 4 is 12.6 Å². The third kappa shape index (κ3) is 3.49. The Morgan fingerprint density at radius 1 is 1.12 bits per heavy atom. The topological polar surface area (TPSA) is 26.0 Å². The predicted octanol–water partition coefficient (Wildman–Crippen LogP) is 4.05. The van der Waals surface area contributed by atoms with Crippen LogP contribution in [0.1, 0.15) is 61.6 Å². The molecule has 94 valence electrons. The Morgan fingerprint density at radius 3 is 2.35 bits per heavy atom. The second-order valence-corrected chi connectivity index (χ2v) is 5.57. The van der Waals surface area contributed by atoms with Crippen molar-refractivity contribution in [2.24, 2.45) is 5.73 Å². The zero-order valence-electron chi connectivity index (χ0n) is 10.4. The van der Waals surface area contributed by atoms with Gasteiger partial charge in [-0.3, -0.25) is 0 Å². The number of hydrogen-bond donors (Lipinski definition) is 2. The van der Waals surface area contributed by atoms with Crippen LogP contribution >= 0.6 is 12.6 Å². The number of rotatable bonds is 4. The summed E-state index contributed by atoms with van der Waals surface area (Å²) in [5.74, 6) is 1.64. The van der Waals surface area contributed by atoms with Crippen LogP contribution in [0.4, 0.5) is 0 Å². The molecule has 0 radical (unpaired) electrons. The molecule has 0 saturated heterocycles. The minimum absolute atomic E-state index is 0.146. The fourth-order valence-corrected chi connectivity index (χ4v) is 3.04. The van der Waals surface area contributed by atoms with Crippen LogP contribution in [0.15, 0.2) is 24.3 Å². The smallest absolute Gasteiger partial charge is 0.0302 e. The molecule has 0 spiro atoms. The van der Waals surface area contributed by atoms with Crippen molar-refractivity contribution in [2.45, 2.75) is 50.5 Å². The first-order chi connectivity index (χ1) is 8.31. The maximum absolute atomic E-state index is 6.09. The molecule has 2 N–H and O–H groups in total. The lowest BCUT2D eigenvalue weighted by atomic mass is 9.83. The largest absolute Gasteiger partial charge is 0.324 e. The van der Waals surface area contributed by atoms with Gasteiger partial charge in [-0.2, -0.15) is 12.6 Å². The van der Waals surface area contributed by atoms with Gasteiger partial charge in [-0.25, -0.2) is 0 Å². The highest BCUT2D eigenvalue weighted by Crippen LogP contribution is 2.32. The number of benzene rings is 1. The molecule has 1 nitrogen and oxygen atoms in total. The van der Waals surface area contributed by atoms with Crippen molar-refractivity contribution < 1.29 is 0 Å². The molecule has 1 aromatic rings. The third-order valence-corrected chi connectivity index (χ3v) is 4.14. The highest BCUT2D eigenvalue weighted by Gasteiger charge is 2.15. The van der Waals surface area contributed by atoms with Gasteiger partial charge in [0.25, 0.3) is 0 Å². The Hall–Kier alpha value is -0.470. The molecular weight excluding hydrogens is 226 g/mol. The van der Waals surface area contributed by atoms with Crippen molar-refractivity contribution in [3.8, 4) is 0 Å². The Morgan fingerprint density at radius 2 is 1.76 bits per heavy atom. The van der Waals surface area contributed by atoms with E-state index in [-0.39, 0.29) is 6.04 Å². The minimum atomic E-state index is 0.146. The zero-order valence-corrected chi connectivity index (χ0v) is 11.3. The summed E-state index contributed by atoms with van der Waals surface area (Å²) in [4.78, 5) is 0. The van der Waals surface area contributed by atoms with Crippen molar-refractivity contribution in [3.05, 3.63) is 35.4 Å². The Bertz CT molecular complexity index is 327. The summed E-state index contributed by atoms with van der Waals surface area (Å²) in [6.07, 6.45) is 7.88. The second kappa shape index (κ2) is 6.46. The monoisotopic (exact) mass is 249 g/mol. The quantitative estimate of drug-likeness (QED) is 0.773. The fourth-order valence-electron chi connectivity index (χ4n) is 2.76. The lowest BCUT2D eigenvalue weighted by Crippen LogP contribution is -2.11. The van der Waals surface area contributed by atoms with E-state index in [1.165, 1.54) is 43.2 Å². The standard InChI is InChI=1S/C15H23NS/c16-15(10-11-17)14-8-6-13(7-9-14)12-4-2-1-3-5-12/h6-9,12,15,17H,1-5,10-11,16H2. The molecule has 1 aliphatic carbocycles. The fraction of sp³-hybridized carbons (Fsp3) is 0.600. The first-order valence-electron chi connectivity index (χ1n) is 6.77. The van der Waals surface area contributed by atoms with Gasteiger partial charge >= 0.3 is 0 Å².